The first-order valence-corrected chi connectivity index (χ1v) is 8.18. The van der Waals surface area contributed by atoms with Crippen molar-refractivity contribution >= 4 is 28.3 Å². The molecule has 140 valence electrons. The number of alkyl halides is 3. The number of rotatable bonds is 1. The Morgan fingerprint density at radius 3 is 1.96 bits per heavy atom. The average Bonchev–Trinajstić information content (AvgIpc) is 2.68. The van der Waals surface area contributed by atoms with Crippen molar-refractivity contribution in [2.24, 2.45) is 0 Å². The summed E-state index contributed by atoms with van der Waals surface area (Å²) in [6, 6.07) is 11.3. The first kappa shape index (κ1) is 17.9. The molecule has 0 spiro atoms. The van der Waals surface area contributed by atoms with Gasteiger partial charge in [0, 0.05) is 22.3 Å². The lowest BCUT2D eigenvalue weighted by atomic mass is 9.79. The van der Waals surface area contributed by atoms with Gasteiger partial charge in [0.05, 0.1) is 18.2 Å². The van der Waals surface area contributed by atoms with Gasteiger partial charge in [0.15, 0.2) is 11.6 Å². The zero-order valence-corrected chi connectivity index (χ0v) is 14.4. The maximum atomic E-state index is 13.6. The van der Waals surface area contributed by atoms with Crippen LogP contribution < -0.4 is 0 Å². The van der Waals surface area contributed by atoms with E-state index in [2.05, 4.69) is 4.74 Å². The van der Waals surface area contributed by atoms with Crippen molar-refractivity contribution in [3.05, 3.63) is 81.9 Å². The van der Waals surface area contributed by atoms with E-state index in [1.165, 1.54) is 12.1 Å². The molecule has 0 radical (unpaired) electrons. The van der Waals surface area contributed by atoms with Gasteiger partial charge in [0.2, 0.25) is 0 Å². The Kier molecular flexibility index (Phi) is 3.85. The van der Waals surface area contributed by atoms with Gasteiger partial charge in [-0.15, -0.1) is 0 Å². The number of hydrogen-bond acceptors (Lipinski definition) is 4. The van der Waals surface area contributed by atoms with E-state index in [1.807, 2.05) is 0 Å². The first-order chi connectivity index (χ1) is 13.2. The molecule has 1 aliphatic carbocycles. The molecule has 7 heteroatoms. The summed E-state index contributed by atoms with van der Waals surface area (Å²) in [5.74, 6) is -2.68. The molecular weight excluding hydrogens is 373 g/mol. The zero-order chi connectivity index (χ0) is 20.2. The molecule has 0 saturated carbocycles. The molecule has 0 aliphatic heterocycles. The monoisotopic (exact) mass is 384 g/mol. The quantitative estimate of drug-likeness (QED) is 0.456. The second-order valence-corrected chi connectivity index (χ2v) is 6.34. The largest absolute Gasteiger partial charge is 0.465 e. The molecule has 0 bridgehead atoms. The van der Waals surface area contributed by atoms with Gasteiger partial charge in [-0.2, -0.15) is 13.2 Å². The minimum Gasteiger partial charge on any atom is -0.465 e. The smallest absolute Gasteiger partial charge is 0.417 e. The van der Waals surface area contributed by atoms with Crippen molar-refractivity contribution in [2.75, 3.05) is 7.11 Å². The van der Waals surface area contributed by atoms with Crippen LogP contribution in [0.2, 0.25) is 0 Å². The van der Waals surface area contributed by atoms with Crippen molar-refractivity contribution < 1.29 is 32.3 Å². The lowest BCUT2D eigenvalue weighted by molar-refractivity contribution is -0.137. The third kappa shape index (κ3) is 2.58. The van der Waals surface area contributed by atoms with Crippen molar-refractivity contribution in [3.63, 3.8) is 0 Å². The first-order valence-electron chi connectivity index (χ1n) is 8.18. The fourth-order valence-corrected chi connectivity index (χ4v) is 3.42. The van der Waals surface area contributed by atoms with E-state index in [9.17, 15) is 27.6 Å². The van der Waals surface area contributed by atoms with E-state index in [1.54, 1.807) is 24.3 Å². The van der Waals surface area contributed by atoms with Gasteiger partial charge in [-0.05, 0) is 35.0 Å². The maximum absolute atomic E-state index is 13.6. The van der Waals surface area contributed by atoms with Crippen molar-refractivity contribution in [2.45, 2.75) is 6.18 Å². The van der Waals surface area contributed by atoms with Gasteiger partial charge in [-0.25, -0.2) is 4.79 Å². The molecule has 0 atom stereocenters. The van der Waals surface area contributed by atoms with Gasteiger partial charge in [-0.1, -0.05) is 24.3 Å². The second kappa shape index (κ2) is 6.02. The summed E-state index contributed by atoms with van der Waals surface area (Å²) in [5, 5.41) is 1.30. The zero-order valence-electron chi connectivity index (χ0n) is 14.4. The highest BCUT2D eigenvalue weighted by molar-refractivity contribution is 6.30. The van der Waals surface area contributed by atoms with E-state index in [4.69, 9.17) is 0 Å². The van der Waals surface area contributed by atoms with Crippen molar-refractivity contribution in [1.29, 1.82) is 0 Å². The van der Waals surface area contributed by atoms with Crippen LogP contribution in [0, 0.1) is 0 Å². The molecule has 0 aromatic heterocycles. The lowest BCUT2D eigenvalue weighted by Crippen LogP contribution is -2.26. The summed E-state index contributed by atoms with van der Waals surface area (Å²) < 4.78 is 45.4. The summed E-state index contributed by atoms with van der Waals surface area (Å²) >= 11 is 0. The average molecular weight is 384 g/mol. The third-order valence-corrected chi connectivity index (χ3v) is 4.71. The minimum absolute atomic E-state index is 0.00587. The molecule has 0 fully saturated rings. The highest BCUT2D eigenvalue weighted by Crippen LogP contribution is 2.39. The highest BCUT2D eigenvalue weighted by Gasteiger charge is 2.42. The van der Waals surface area contributed by atoms with Gasteiger partial charge in [0.25, 0.3) is 0 Å². The molecular formula is C21H11F3O4. The fourth-order valence-electron chi connectivity index (χ4n) is 3.42. The van der Waals surface area contributed by atoms with Crippen LogP contribution in [0.25, 0.3) is 10.8 Å². The van der Waals surface area contributed by atoms with Crippen molar-refractivity contribution in [3.8, 4) is 0 Å². The summed E-state index contributed by atoms with van der Waals surface area (Å²) in [7, 11) is 1.02. The molecule has 0 unspecified atom stereocenters. The fraction of sp³-hybridized carbons (Fsp3) is 0.0952. The molecule has 4 nitrogen and oxygen atoms in total. The maximum Gasteiger partial charge on any atom is 0.417 e. The molecule has 3 aromatic carbocycles. The van der Waals surface area contributed by atoms with Crippen LogP contribution in [-0.2, 0) is 10.9 Å². The Bertz CT molecular complexity index is 1190. The topological polar surface area (TPSA) is 60.4 Å². The Labute approximate surface area is 156 Å². The van der Waals surface area contributed by atoms with Gasteiger partial charge < -0.3 is 4.74 Å². The van der Waals surface area contributed by atoms with Crippen LogP contribution in [0.4, 0.5) is 13.2 Å². The number of halogens is 3. The number of fused-ring (bicyclic) bond motifs is 3. The summed E-state index contributed by atoms with van der Waals surface area (Å²) in [6.45, 7) is 0. The third-order valence-electron chi connectivity index (χ3n) is 4.71. The number of ketones is 2. The van der Waals surface area contributed by atoms with Crippen LogP contribution in [0.1, 0.15) is 47.8 Å². The van der Waals surface area contributed by atoms with E-state index in [0.29, 0.717) is 16.8 Å². The van der Waals surface area contributed by atoms with E-state index in [0.717, 1.165) is 13.2 Å². The number of ether oxygens (including phenoxy) is 1. The SMILES string of the molecule is COC(=O)c1cc2c(c(C(F)(F)F)c1)C(=O)c1cc3ccccc3cc1C2=O. The number of carbonyl (C=O) groups is 3. The molecule has 0 saturated heterocycles. The van der Waals surface area contributed by atoms with Crippen LogP contribution in [0.15, 0.2) is 48.5 Å². The van der Waals surface area contributed by atoms with Gasteiger partial charge >= 0.3 is 12.1 Å². The van der Waals surface area contributed by atoms with Crippen molar-refractivity contribution in [1.82, 2.24) is 0 Å². The minimum atomic E-state index is -4.93. The number of carbonyl (C=O) groups excluding carboxylic acids is 3. The lowest BCUT2D eigenvalue weighted by Gasteiger charge is -2.22. The summed E-state index contributed by atoms with van der Waals surface area (Å²) in [5.41, 5.74) is -3.06. The standard InChI is InChI=1S/C21H11F3O4/c1-28-20(27)12-8-15-17(16(9-12)21(22,23)24)19(26)14-7-11-5-3-2-4-10(11)6-13(14)18(15)25/h2-9H,1H3. The highest BCUT2D eigenvalue weighted by atomic mass is 19.4. The van der Waals surface area contributed by atoms with Crippen LogP contribution in [0.5, 0.6) is 0 Å². The molecule has 3 aromatic rings. The van der Waals surface area contributed by atoms with Gasteiger partial charge in [0.1, 0.15) is 0 Å². The molecule has 28 heavy (non-hydrogen) atoms. The van der Waals surface area contributed by atoms with E-state index < -0.39 is 46.0 Å². The second-order valence-electron chi connectivity index (χ2n) is 6.34. The molecule has 4 rings (SSSR count). The molecule has 0 heterocycles. The Morgan fingerprint density at radius 2 is 1.43 bits per heavy atom. The summed E-state index contributed by atoms with van der Waals surface area (Å²) in [6.07, 6.45) is -4.93. The van der Waals surface area contributed by atoms with E-state index in [-0.39, 0.29) is 11.1 Å². The summed E-state index contributed by atoms with van der Waals surface area (Å²) in [4.78, 5) is 37.7. The van der Waals surface area contributed by atoms with Crippen LogP contribution in [0.3, 0.4) is 0 Å². The van der Waals surface area contributed by atoms with Gasteiger partial charge in [-0.3, -0.25) is 9.59 Å². The van der Waals surface area contributed by atoms with Crippen LogP contribution >= 0.6 is 0 Å². The normalized spacial score (nSPS) is 13.3. The Balaban J connectivity index is 2.05. The van der Waals surface area contributed by atoms with E-state index >= 15 is 0 Å². The number of hydrogen-bond donors (Lipinski definition) is 0. The predicted octanol–water partition coefficient (Wildman–Crippen LogP) is 4.42. The predicted molar refractivity (Wildman–Crippen MR) is 93.6 cm³/mol. The Morgan fingerprint density at radius 1 is 0.857 bits per heavy atom. The number of benzene rings is 3. The number of esters is 1. The molecule has 1 aliphatic rings. The Hall–Kier alpha value is -3.48. The van der Waals surface area contributed by atoms with Crippen LogP contribution in [-0.4, -0.2) is 24.6 Å². The molecule has 0 amide bonds. The number of methoxy groups -OCH3 is 1. The molecule has 0 N–H and O–H groups in total.